The molecule has 1 aromatic carbocycles. The molecule has 4 atom stereocenters. The van der Waals surface area contributed by atoms with Gasteiger partial charge in [-0.1, -0.05) is 6.92 Å². The second-order valence-corrected chi connectivity index (χ2v) is 10.8. The van der Waals surface area contributed by atoms with E-state index in [9.17, 15) is 27.9 Å². The average Bonchev–Trinajstić information content (AvgIpc) is 2.87. The lowest BCUT2D eigenvalue weighted by atomic mass is 10.0. The molecular formula is C28H44F3N3O5. The second kappa shape index (κ2) is 14.7. The van der Waals surface area contributed by atoms with Crippen molar-refractivity contribution in [2.45, 2.75) is 77.3 Å². The zero-order valence-corrected chi connectivity index (χ0v) is 24.0. The van der Waals surface area contributed by atoms with Crippen LogP contribution in [0, 0.1) is 5.92 Å². The van der Waals surface area contributed by atoms with E-state index in [0.717, 1.165) is 24.9 Å². The lowest BCUT2D eigenvalue weighted by Crippen LogP contribution is -2.48. The number of benzene rings is 1. The molecule has 2 rings (SSSR count). The summed E-state index contributed by atoms with van der Waals surface area (Å²) in [5.41, 5.74) is 1.21. The highest BCUT2D eigenvalue weighted by atomic mass is 19.4. The zero-order chi connectivity index (χ0) is 29.3. The summed E-state index contributed by atoms with van der Waals surface area (Å²) >= 11 is 0. The number of likely N-dealkylation sites (N-methyl/N-ethyl adjacent to an activating group) is 1. The molecule has 0 aliphatic carbocycles. The molecule has 1 aliphatic rings. The third-order valence-corrected chi connectivity index (χ3v) is 7.05. The monoisotopic (exact) mass is 559 g/mol. The number of fused-ring (bicyclic) bond motifs is 1. The molecule has 8 nitrogen and oxygen atoms in total. The predicted octanol–water partition coefficient (Wildman–Crippen LogP) is 4.35. The highest BCUT2D eigenvalue weighted by Gasteiger charge is 2.32. The Morgan fingerprint density at radius 2 is 1.90 bits per heavy atom. The number of hydrogen-bond acceptors (Lipinski definition) is 6. The molecule has 0 fully saturated rings. The van der Waals surface area contributed by atoms with Gasteiger partial charge in [0.2, 0.25) is 5.91 Å². The van der Waals surface area contributed by atoms with Crippen molar-refractivity contribution in [3.8, 4) is 5.75 Å². The number of ether oxygens (including phenoxy) is 2. The van der Waals surface area contributed by atoms with E-state index in [1.54, 1.807) is 24.0 Å². The standard InChI is InChI=1S/C28H44F3N3O5/c1-19-16-34(20(2)18-35)27(37)23-15-22(32(4)5)10-11-24(23)39-21(3)9-7-8-14-38-25(19)17-33(6)26(36)12-13-28(29,30)31/h10-11,15,19-21,25,35H,7-9,12-14,16-18H2,1-6H3/t19-,20-,21-,25-/m1/s1. The number of anilines is 1. The van der Waals surface area contributed by atoms with Crippen molar-refractivity contribution >= 4 is 17.5 Å². The summed E-state index contributed by atoms with van der Waals surface area (Å²) in [6.45, 7) is 6.00. The van der Waals surface area contributed by atoms with Crippen molar-refractivity contribution in [3.63, 3.8) is 0 Å². The zero-order valence-electron chi connectivity index (χ0n) is 24.0. The van der Waals surface area contributed by atoms with Crippen LogP contribution in [-0.2, 0) is 9.53 Å². The maximum absolute atomic E-state index is 14.0. The minimum absolute atomic E-state index is 0.0915. The van der Waals surface area contributed by atoms with Gasteiger partial charge in [0.05, 0.1) is 36.8 Å². The highest BCUT2D eigenvalue weighted by molar-refractivity contribution is 5.98. The van der Waals surface area contributed by atoms with Gasteiger partial charge in [-0.3, -0.25) is 9.59 Å². The van der Waals surface area contributed by atoms with Gasteiger partial charge in [-0.2, -0.15) is 13.2 Å². The topological polar surface area (TPSA) is 82.6 Å². The number of alkyl halides is 3. The Kier molecular flexibility index (Phi) is 12.4. The van der Waals surface area contributed by atoms with Crippen molar-refractivity contribution in [1.82, 2.24) is 9.80 Å². The van der Waals surface area contributed by atoms with E-state index in [1.807, 2.05) is 38.9 Å². The Morgan fingerprint density at radius 1 is 1.21 bits per heavy atom. The Morgan fingerprint density at radius 3 is 2.51 bits per heavy atom. The molecule has 11 heteroatoms. The normalized spacial score (nSPS) is 22.4. The lowest BCUT2D eigenvalue weighted by molar-refractivity contribution is -0.149. The molecule has 0 unspecified atom stereocenters. The van der Waals surface area contributed by atoms with Gasteiger partial charge in [-0.05, 0) is 51.3 Å². The van der Waals surface area contributed by atoms with Crippen LogP contribution in [0.4, 0.5) is 18.9 Å². The Balaban J connectivity index is 2.38. The first kappa shape index (κ1) is 32.7. The molecule has 0 aromatic heterocycles. The molecule has 0 saturated carbocycles. The van der Waals surface area contributed by atoms with Gasteiger partial charge in [-0.15, -0.1) is 0 Å². The third kappa shape index (κ3) is 10.2. The lowest BCUT2D eigenvalue weighted by Gasteiger charge is -2.36. The van der Waals surface area contributed by atoms with Crippen LogP contribution in [0.1, 0.15) is 63.2 Å². The fourth-order valence-corrected chi connectivity index (χ4v) is 4.46. The molecule has 0 bridgehead atoms. The number of aliphatic hydroxyl groups is 1. The van der Waals surface area contributed by atoms with E-state index < -0.39 is 37.1 Å². The maximum atomic E-state index is 14.0. The van der Waals surface area contributed by atoms with E-state index >= 15 is 0 Å². The molecule has 0 radical (unpaired) electrons. The van der Waals surface area contributed by atoms with Crippen LogP contribution >= 0.6 is 0 Å². The second-order valence-electron chi connectivity index (χ2n) is 10.8. The third-order valence-electron chi connectivity index (χ3n) is 7.05. The minimum Gasteiger partial charge on any atom is -0.490 e. The predicted molar refractivity (Wildman–Crippen MR) is 144 cm³/mol. The molecule has 1 aliphatic heterocycles. The summed E-state index contributed by atoms with van der Waals surface area (Å²) in [6.07, 6.45) is -4.59. The number of amides is 2. The van der Waals surface area contributed by atoms with Crippen molar-refractivity contribution in [3.05, 3.63) is 23.8 Å². The molecule has 1 aromatic rings. The van der Waals surface area contributed by atoms with Crippen LogP contribution in [0.5, 0.6) is 5.75 Å². The SMILES string of the molecule is C[C@@H]1CCCCO[C@H](CN(C)C(=O)CCC(F)(F)F)[C@H](C)CN([C@H](C)CO)C(=O)c2cc(N(C)C)ccc2O1. The first-order valence-corrected chi connectivity index (χ1v) is 13.6. The first-order valence-electron chi connectivity index (χ1n) is 13.6. The molecule has 1 N–H and O–H groups in total. The Labute approximate surface area is 230 Å². The molecule has 222 valence electrons. The number of nitrogens with zero attached hydrogens (tertiary/aromatic N) is 3. The number of halogens is 3. The van der Waals surface area contributed by atoms with Gasteiger partial charge < -0.3 is 29.3 Å². The molecule has 1 heterocycles. The minimum atomic E-state index is -4.41. The van der Waals surface area contributed by atoms with Gasteiger partial charge in [-0.25, -0.2) is 0 Å². The Hall–Kier alpha value is -2.53. The summed E-state index contributed by atoms with van der Waals surface area (Å²) in [5, 5.41) is 9.99. The summed E-state index contributed by atoms with van der Waals surface area (Å²) in [4.78, 5) is 31.1. The number of carbonyl (C=O) groups is 2. The van der Waals surface area contributed by atoms with Crippen molar-refractivity contribution in [2.75, 3.05) is 52.3 Å². The quantitative estimate of drug-likeness (QED) is 0.535. The van der Waals surface area contributed by atoms with Crippen LogP contribution < -0.4 is 9.64 Å². The largest absolute Gasteiger partial charge is 0.490 e. The molecule has 2 amide bonds. The van der Waals surface area contributed by atoms with Crippen LogP contribution in [0.3, 0.4) is 0 Å². The summed E-state index contributed by atoms with van der Waals surface area (Å²) < 4.78 is 50.3. The van der Waals surface area contributed by atoms with E-state index in [-0.39, 0.29) is 37.6 Å². The Bertz CT molecular complexity index is 944. The van der Waals surface area contributed by atoms with Crippen molar-refractivity contribution in [1.29, 1.82) is 0 Å². The van der Waals surface area contributed by atoms with E-state index in [4.69, 9.17) is 9.47 Å². The summed E-state index contributed by atoms with van der Waals surface area (Å²) in [5.74, 6) is -0.736. The highest BCUT2D eigenvalue weighted by Crippen LogP contribution is 2.29. The van der Waals surface area contributed by atoms with E-state index in [1.165, 1.54) is 11.9 Å². The van der Waals surface area contributed by atoms with Crippen molar-refractivity contribution in [2.24, 2.45) is 5.92 Å². The first-order chi connectivity index (χ1) is 18.2. The van der Waals surface area contributed by atoms with E-state index in [0.29, 0.717) is 17.9 Å². The molecule has 39 heavy (non-hydrogen) atoms. The van der Waals surface area contributed by atoms with Crippen LogP contribution in [0.2, 0.25) is 0 Å². The van der Waals surface area contributed by atoms with Gasteiger partial charge >= 0.3 is 6.18 Å². The fraction of sp³-hybridized carbons (Fsp3) is 0.714. The number of hydrogen-bond donors (Lipinski definition) is 1. The van der Waals surface area contributed by atoms with Crippen molar-refractivity contribution < 1.29 is 37.3 Å². The van der Waals surface area contributed by atoms with Gasteiger partial charge in [0.25, 0.3) is 5.91 Å². The van der Waals surface area contributed by atoms with Gasteiger partial charge in [0.15, 0.2) is 0 Å². The van der Waals surface area contributed by atoms with Crippen LogP contribution in [0.25, 0.3) is 0 Å². The van der Waals surface area contributed by atoms with Gasteiger partial charge in [0, 0.05) is 58.9 Å². The fourth-order valence-electron chi connectivity index (χ4n) is 4.46. The van der Waals surface area contributed by atoms with Crippen LogP contribution in [-0.4, -0.2) is 98.6 Å². The van der Waals surface area contributed by atoms with Crippen LogP contribution in [0.15, 0.2) is 18.2 Å². The summed E-state index contributed by atoms with van der Waals surface area (Å²) in [6, 6.07) is 4.94. The van der Waals surface area contributed by atoms with E-state index in [2.05, 4.69) is 0 Å². The number of carbonyl (C=O) groups excluding carboxylic acids is 2. The molecule has 0 saturated heterocycles. The van der Waals surface area contributed by atoms with Gasteiger partial charge in [0.1, 0.15) is 5.75 Å². The number of aliphatic hydroxyl groups excluding tert-OH is 1. The average molecular weight is 560 g/mol. The summed E-state index contributed by atoms with van der Waals surface area (Å²) in [7, 11) is 5.23. The molecular weight excluding hydrogens is 515 g/mol. The maximum Gasteiger partial charge on any atom is 0.389 e. The number of rotatable bonds is 7. The smallest absolute Gasteiger partial charge is 0.389 e. The molecule has 0 spiro atoms.